The molecule has 0 spiro atoms. The van der Waals surface area contributed by atoms with E-state index in [1.54, 1.807) is 0 Å². The van der Waals surface area contributed by atoms with Gasteiger partial charge in [0.15, 0.2) is 5.70 Å². The van der Waals surface area contributed by atoms with Crippen molar-refractivity contribution >= 4 is 14.0 Å². The van der Waals surface area contributed by atoms with Gasteiger partial charge in [-0.2, -0.15) is 0 Å². The number of nitrogens with zero attached hydrogens (tertiary/aromatic N) is 1. The van der Waals surface area contributed by atoms with E-state index in [2.05, 4.69) is 43.7 Å². The van der Waals surface area contributed by atoms with Gasteiger partial charge in [0.1, 0.15) is 12.8 Å². The van der Waals surface area contributed by atoms with Crippen LogP contribution in [0.3, 0.4) is 0 Å². The Balaban J connectivity index is 1.83. The van der Waals surface area contributed by atoms with Crippen molar-refractivity contribution in [2.24, 2.45) is 0 Å². The van der Waals surface area contributed by atoms with Crippen LogP contribution in [0.2, 0.25) is 0 Å². The number of phosphoric acid groups is 1. The van der Waals surface area contributed by atoms with Gasteiger partial charge in [-0.3, -0.25) is 4.57 Å². The Kier molecular flexibility index (Phi) is 21.5. The van der Waals surface area contributed by atoms with E-state index in [0.717, 1.165) is 32.2 Å². The summed E-state index contributed by atoms with van der Waals surface area (Å²) in [5, 5.41) is 0. The molecule has 1 rings (SSSR count). The molecule has 0 saturated carbocycles. The molecule has 0 aromatic carbocycles. The summed E-state index contributed by atoms with van der Waals surface area (Å²) in [4.78, 5) is 12.0. The highest BCUT2D eigenvalue weighted by Crippen LogP contribution is 2.39. The zero-order valence-electron chi connectivity index (χ0n) is 24.5. The maximum atomic E-state index is 12.0. The van der Waals surface area contributed by atoms with Crippen LogP contribution in [0, 0.1) is 0 Å². The molecule has 37 heavy (non-hydrogen) atoms. The molecular weight excluding hydrogens is 481 g/mol. The number of allylic oxidation sites excluding steroid dienone is 3. The van der Waals surface area contributed by atoms with E-state index in [9.17, 15) is 9.46 Å². The van der Waals surface area contributed by atoms with Crippen molar-refractivity contribution in [2.75, 3.05) is 19.8 Å². The smallest absolute Gasteiger partial charge is 0.267 e. The zero-order chi connectivity index (χ0) is 27.0. The number of rotatable bonds is 26. The van der Waals surface area contributed by atoms with Crippen molar-refractivity contribution in [3.8, 4) is 0 Å². The average Bonchev–Trinajstić information content (AvgIpc) is 3.24. The highest BCUT2D eigenvalue weighted by molar-refractivity contribution is 7.45. The predicted octanol–water partition coefficient (Wildman–Crippen LogP) is 9.26. The van der Waals surface area contributed by atoms with Gasteiger partial charge < -0.3 is 13.9 Å². The van der Waals surface area contributed by atoms with Gasteiger partial charge in [0.25, 0.3) is 7.82 Å². The number of unbranched alkanes of at least 4 members (excludes halogenated alkanes) is 16. The maximum absolute atomic E-state index is 12.0. The molecule has 216 valence electrons. The van der Waals surface area contributed by atoms with E-state index in [4.69, 9.17) is 9.05 Å². The van der Waals surface area contributed by atoms with Crippen molar-refractivity contribution in [1.29, 1.82) is 0 Å². The standard InChI is InChI=1S/C31H58NO4P/c1-4-6-7-8-9-10-11-12-13-14-15-16-17-18-19-20-21-22-23-24-28-35-37(33,34)36-29-26-31-25-27-32(5-2)30(31)3/h12-13,27H,4-11,14-26,28-29H2,1-3H3/b13-12-. The van der Waals surface area contributed by atoms with Crippen molar-refractivity contribution in [3.05, 3.63) is 23.4 Å². The SMILES string of the molecule is CCCCCCCC/C=C\CCCCCCCCCCCCOP(=O)([O-])OCCC1=C(C)[N+](CC)=CC1. The van der Waals surface area contributed by atoms with E-state index in [1.165, 1.54) is 108 Å². The Bertz CT molecular complexity index is 701. The quantitative estimate of drug-likeness (QED) is 0.0475. The second-order valence-electron chi connectivity index (χ2n) is 10.6. The fourth-order valence-electron chi connectivity index (χ4n) is 4.91. The van der Waals surface area contributed by atoms with E-state index < -0.39 is 7.82 Å². The van der Waals surface area contributed by atoms with Crippen molar-refractivity contribution in [2.45, 2.75) is 149 Å². The minimum atomic E-state index is -4.19. The summed E-state index contributed by atoms with van der Waals surface area (Å²) in [5.74, 6) is 0. The molecule has 0 radical (unpaired) electrons. The lowest BCUT2D eigenvalue weighted by molar-refractivity contribution is -0.465. The molecule has 0 aromatic heterocycles. The summed E-state index contributed by atoms with van der Waals surface area (Å²) in [6, 6.07) is 0. The van der Waals surface area contributed by atoms with Crippen LogP contribution in [0.4, 0.5) is 0 Å². The molecule has 1 unspecified atom stereocenters. The lowest BCUT2D eigenvalue weighted by Gasteiger charge is -2.22. The van der Waals surface area contributed by atoms with Gasteiger partial charge in [0.05, 0.1) is 19.6 Å². The predicted molar refractivity (Wildman–Crippen MR) is 156 cm³/mol. The largest absolute Gasteiger partial charge is 0.756 e. The van der Waals surface area contributed by atoms with Gasteiger partial charge in [0, 0.05) is 12.5 Å². The molecule has 0 amide bonds. The van der Waals surface area contributed by atoms with Crippen LogP contribution >= 0.6 is 7.82 Å². The van der Waals surface area contributed by atoms with Crippen molar-refractivity contribution < 1.29 is 23.1 Å². The summed E-state index contributed by atoms with van der Waals surface area (Å²) in [6.07, 6.45) is 31.4. The zero-order valence-corrected chi connectivity index (χ0v) is 25.4. The first-order chi connectivity index (χ1) is 18.0. The number of phosphoric ester groups is 1. The molecule has 6 heteroatoms. The summed E-state index contributed by atoms with van der Waals surface area (Å²) < 4.78 is 24.2. The highest BCUT2D eigenvalue weighted by Gasteiger charge is 2.20. The van der Waals surface area contributed by atoms with Crippen LogP contribution in [0.15, 0.2) is 23.4 Å². The van der Waals surface area contributed by atoms with Crippen LogP contribution in [-0.2, 0) is 13.6 Å². The fourth-order valence-corrected chi connectivity index (χ4v) is 5.65. The minimum Gasteiger partial charge on any atom is -0.756 e. The maximum Gasteiger partial charge on any atom is 0.267 e. The van der Waals surface area contributed by atoms with Gasteiger partial charge in [-0.1, -0.05) is 103 Å². The molecule has 1 aliphatic rings. The topological polar surface area (TPSA) is 61.6 Å². The Morgan fingerprint density at radius 2 is 1.27 bits per heavy atom. The first-order valence-electron chi connectivity index (χ1n) is 15.5. The molecule has 0 saturated heterocycles. The molecule has 0 fully saturated rings. The van der Waals surface area contributed by atoms with Gasteiger partial charge in [-0.25, -0.2) is 4.58 Å². The van der Waals surface area contributed by atoms with E-state index in [0.29, 0.717) is 6.42 Å². The van der Waals surface area contributed by atoms with Gasteiger partial charge in [-0.15, -0.1) is 0 Å². The second kappa shape index (κ2) is 23.2. The fraction of sp³-hybridized carbons (Fsp3) is 0.839. The molecular formula is C31H58NO4P. The van der Waals surface area contributed by atoms with Gasteiger partial charge in [-0.05, 0) is 45.4 Å². The van der Waals surface area contributed by atoms with Crippen LogP contribution in [0.5, 0.6) is 0 Å². The van der Waals surface area contributed by atoms with Gasteiger partial charge in [0.2, 0.25) is 0 Å². The van der Waals surface area contributed by atoms with Crippen LogP contribution in [-0.4, -0.2) is 30.5 Å². The minimum absolute atomic E-state index is 0.162. The summed E-state index contributed by atoms with van der Waals surface area (Å²) >= 11 is 0. The summed E-state index contributed by atoms with van der Waals surface area (Å²) in [7, 11) is -4.19. The third kappa shape index (κ3) is 19.0. The van der Waals surface area contributed by atoms with Crippen molar-refractivity contribution in [1.82, 2.24) is 0 Å². The second-order valence-corrected chi connectivity index (χ2v) is 12.0. The summed E-state index contributed by atoms with van der Waals surface area (Å²) in [5.41, 5.74) is 2.46. The first kappa shape index (κ1) is 34.3. The molecule has 1 heterocycles. The molecule has 5 nitrogen and oxygen atoms in total. The van der Waals surface area contributed by atoms with Gasteiger partial charge >= 0.3 is 0 Å². The Hall–Kier alpha value is -0.740. The van der Waals surface area contributed by atoms with Crippen LogP contribution in [0.25, 0.3) is 0 Å². The number of hydrogen-bond acceptors (Lipinski definition) is 4. The molecule has 1 atom stereocenters. The van der Waals surface area contributed by atoms with Crippen molar-refractivity contribution in [3.63, 3.8) is 0 Å². The third-order valence-corrected chi connectivity index (χ3v) is 8.40. The molecule has 0 N–H and O–H groups in total. The Morgan fingerprint density at radius 1 is 0.784 bits per heavy atom. The van der Waals surface area contributed by atoms with Crippen LogP contribution < -0.4 is 4.89 Å². The Morgan fingerprint density at radius 3 is 1.78 bits per heavy atom. The molecule has 0 aliphatic carbocycles. The molecule has 1 aliphatic heterocycles. The van der Waals surface area contributed by atoms with Crippen LogP contribution in [0.1, 0.15) is 149 Å². The molecule has 0 aromatic rings. The molecule has 0 bridgehead atoms. The Labute approximate surface area is 229 Å². The highest BCUT2D eigenvalue weighted by atomic mass is 31.2. The summed E-state index contributed by atoms with van der Waals surface area (Å²) in [6.45, 7) is 7.79. The van der Waals surface area contributed by atoms with E-state index in [-0.39, 0.29) is 13.2 Å². The van der Waals surface area contributed by atoms with E-state index >= 15 is 0 Å². The van der Waals surface area contributed by atoms with E-state index in [1.807, 2.05) is 0 Å². The monoisotopic (exact) mass is 539 g/mol. The lowest BCUT2D eigenvalue weighted by atomic mass is 10.1. The lowest BCUT2D eigenvalue weighted by Crippen LogP contribution is -2.10. The first-order valence-corrected chi connectivity index (χ1v) is 17.0. The third-order valence-electron chi connectivity index (χ3n) is 7.40. The average molecular weight is 540 g/mol. The normalized spacial score (nSPS) is 15.6. The number of hydrogen-bond donors (Lipinski definition) is 0.